The quantitative estimate of drug-likeness (QED) is 0.485. The minimum absolute atomic E-state index is 0.00233. The van der Waals surface area contributed by atoms with E-state index in [1.807, 2.05) is 6.07 Å². The van der Waals surface area contributed by atoms with Gasteiger partial charge in [-0.05, 0) is 37.1 Å². The molecule has 0 amide bonds. The number of carbonyl (C=O) groups is 1. The maximum absolute atomic E-state index is 11.8. The molecule has 0 spiro atoms. The van der Waals surface area contributed by atoms with Crippen LogP contribution in [-0.4, -0.2) is 16.5 Å². The van der Waals surface area contributed by atoms with Gasteiger partial charge in [0, 0.05) is 18.6 Å². The van der Waals surface area contributed by atoms with Crippen molar-refractivity contribution < 1.29 is 14.5 Å². The molecule has 0 saturated heterocycles. The molecule has 1 heterocycles. The second-order valence-corrected chi connectivity index (χ2v) is 5.52. The van der Waals surface area contributed by atoms with Crippen LogP contribution in [0.2, 0.25) is 0 Å². The summed E-state index contributed by atoms with van der Waals surface area (Å²) in [6.07, 6.45) is 3.83. The first-order valence-corrected chi connectivity index (χ1v) is 6.61. The third-order valence-corrected chi connectivity index (χ3v) is 3.20. The van der Waals surface area contributed by atoms with Gasteiger partial charge in [-0.3, -0.25) is 10.1 Å². The Bertz CT molecular complexity index is 722. The first kappa shape index (κ1) is 15.4. The summed E-state index contributed by atoms with van der Waals surface area (Å²) in [5.41, 5.74) is 0.690. The summed E-state index contributed by atoms with van der Waals surface area (Å²) in [4.78, 5) is 21.9. The molecule has 1 aromatic rings. The molecule has 0 radical (unpaired) electrons. The van der Waals surface area contributed by atoms with Crippen molar-refractivity contribution in [3.8, 4) is 6.07 Å². The van der Waals surface area contributed by atoms with Crippen LogP contribution >= 0.6 is 0 Å². The molecule has 1 aromatic carbocycles. The second kappa shape index (κ2) is 5.82. The van der Waals surface area contributed by atoms with E-state index in [-0.39, 0.29) is 11.3 Å². The summed E-state index contributed by atoms with van der Waals surface area (Å²) in [7, 11) is 0. The van der Waals surface area contributed by atoms with Gasteiger partial charge in [0.25, 0.3) is 5.69 Å². The smallest absolute Gasteiger partial charge is 0.349 e. The van der Waals surface area contributed by atoms with Gasteiger partial charge in [-0.2, -0.15) is 5.26 Å². The number of ether oxygens (including phenoxy) is 1. The molecule has 6 nitrogen and oxygen atoms in total. The Hall–Kier alpha value is -2.94. The molecule has 112 valence electrons. The number of nitro benzene ring substituents is 1. The first-order valence-electron chi connectivity index (χ1n) is 6.61. The molecule has 0 fully saturated rings. The van der Waals surface area contributed by atoms with Crippen LogP contribution in [0.5, 0.6) is 0 Å². The maximum atomic E-state index is 11.8. The molecule has 1 aliphatic heterocycles. The summed E-state index contributed by atoms with van der Waals surface area (Å²) in [5, 5.41) is 19.7. The predicted octanol–water partition coefficient (Wildman–Crippen LogP) is 3.15. The Morgan fingerprint density at radius 1 is 1.32 bits per heavy atom. The minimum Gasteiger partial charge on any atom is -0.455 e. The lowest BCUT2D eigenvalue weighted by Crippen LogP contribution is -2.33. The molecule has 0 atom stereocenters. The van der Waals surface area contributed by atoms with E-state index in [0.29, 0.717) is 12.0 Å². The number of nitro groups is 1. The highest BCUT2D eigenvalue weighted by Gasteiger charge is 2.33. The molecule has 0 bridgehead atoms. The van der Waals surface area contributed by atoms with Gasteiger partial charge in [-0.1, -0.05) is 12.2 Å². The SMILES string of the molecule is CC1(C)CC(/C=C/c2ccc([N+](=O)[O-])cc2)=C(C#N)C(=O)O1. The fourth-order valence-corrected chi connectivity index (χ4v) is 2.18. The Labute approximate surface area is 127 Å². The number of nitriles is 1. The standard InChI is InChI=1S/C16H14N2O4/c1-16(2)9-12(14(10-17)15(19)22-16)6-3-11-4-7-13(8-5-11)18(20)21/h3-8H,9H2,1-2H3/b6-3+. The van der Waals surface area contributed by atoms with Crippen LogP contribution in [-0.2, 0) is 9.53 Å². The van der Waals surface area contributed by atoms with Gasteiger partial charge in [0.05, 0.1) is 4.92 Å². The van der Waals surface area contributed by atoms with E-state index in [4.69, 9.17) is 10.00 Å². The molecule has 0 unspecified atom stereocenters. The van der Waals surface area contributed by atoms with Crippen LogP contribution in [0.15, 0.2) is 41.5 Å². The molecule has 0 saturated carbocycles. The van der Waals surface area contributed by atoms with Gasteiger partial charge in [-0.15, -0.1) is 0 Å². The average Bonchev–Trinajstić information content (AvgIpc) is 2.44. The van der Waals surface area contributed by atoms with Crippen molar-refractivity contribution in [3.63, 3.8) is 0 Å². The van der Waals surface area contributed by atoms with Gasteiger partial charge in [0.1, 0.15) is 17.2 Å². The summed E-state index contributed by atoms with van der Waals surface area (Å²) >= 11 is 0. The molecule has 0 N–H and O–H groups in total. The third kappa shape index (κ3) is 3.38. The van der Waals surface area contributed by atoms with Gasteiger partial charge < -0.3 is 4.74 Å². The van der Waals surface area contributed by atoms with Crippen LogP contribution in [0.25, 0.3) is 6.08 Å². The van der Waals surface area contributed by atoms with Crippen LogP contribution in [0, 0.1) is 21.4 Å². The molecule has 6 heteroatoms. The van der Waals surface area contributed by atoms with Crippen molar-refractivity contribution in [3.05, 3.63) is 57.2 Å². The van der Waals surface area contributed by atoms with Crippen molar-refractivity contribution in [2.24, 2.45) is 0 Å². The summed E-state index contributed by atoms with van der Waals surface area (Å²) < 4.78 is 5.17. The highest BCUT2D eigenvalue weighted by molar-refractivity contribution is 5.95. The number of cyclic esters (lactones) is 1. The topological polar surface area (TPSA) is 93.2 Å². The average molecular weight is 298 g/mol. The normalized spacial score (nSPS) is 17.2. The van der Waals surface area contributed by atoms with Gasteiger partial charge in [0.2, 0.25) is 0 Å². The zero-order valence-corrected chi connectivity index (χ0v) is 12.2. The molecule has 22 heavy (non-hydrogen) atoms. The van der Waals surface area contributed by atoms with Crippen molar-refractivity contribution in [2.45, 2.75) is 25.9 Å². The number of nitrogens with zero attached hydrogens (tertiary/aromatic N) is 2. The van der Waals surface area contributed by atoms with E-state index in [1.54, 1.807) is 38.1 Å². The lowest BCUT2D eigenvalue weighted by molar-refractivity contribution is -0.384. The Morgan fingerprint density at radius 3 is 2.50 bits per heavy atom. The number of hydrogen-bond acceptors (Lipinski definition) is 5. The molecular formula is C16H14N2O4. The van der Waals surface area contributed by atoms with Crippen molar-refractivity contribution >= 4 is 17.7 Å². The predicted molar refractivity (Wildman–Crippen MR) is 79.6 cm³/mol. The number of allylic oxidation sites excluding steroid dienone is 1. The number of hydrogen-bond donors (Lipinski definition) is 0. The summed E-state index contributed by atoms with van der Waals surface area (Å²) in [6, 6.07) is 7.88. The monoisotopic (exact) mass is 298 g/mol. The first-order chi connectivity index (χ1) is 10.3. The van der Waals surface area contributed by atoms with Gasteiger partial charge >= 0.3 is 5.97 Å². The molecule has 0 aliphatic carbocycles. The lowest BCUT2D eigenvalue weighted by Gasteiger charge is -2.30. The highest BCUT2D eigenvalue weighted by atomic mass is 16.6. The number of carbonyl (C=O) groups excluding carboxylic acids is 1. The van der Waals surface area contributed by atoms with Crippen LogP contribution in [0.1, 0.15) is 25.8 Å². The zero-order chi connectivity index (χ0) is 16.3. The lowest BCUT2D eigenvalue weighted by atomic mass is 9.91. The fraction of sp³-hybridized carbons (Fsp3) is 0.250. The van der Waals surface area contributed by atoms with Crippen molar-refractivity contribution in [1.29, 1.82) is 5.26 Å². The maximum Gasteiger partial charge on any atom is 0.349 e. The van der Waals surface area contributed by atoms with E-state index in [1.165, 1.54) is 12.1 Å². The number of rotatable bonds is 3. The van der Waals surface area contributed by atoms with E-state index in [2.05, 4.69) is 0 Å². The Balaban J connectivity index is 2.29. The second-order valence-electron chi connectivity index (χ2n) is 5.52. The van der Waals surface area contributed by atoms with Crippen molar-refractivity contribution in [1.82, 2.24) is 0 Å². The van der Waals surface area contributed by atoms with E-state index < -0.39 is 16.5 Å². The third-order valence-electron chi connectivity index (χ3n) is 3.20. The summed E-state index contributed by atoms with van der Waals surface area (Å²) in [5.74, 6) is -0.623. The van der Waals surface area contributed by atoms with Crippen LogP contribution in [0.4, 0.5) is 5.69 Å². The van der Waals surface area contributed by atoms with Crippen LogP contribution < -0.4 is 0 Å². The molecule has 1 aliphatic rings. The van der Waals surface area contributed by atoms with Crippen LogP contribution in [0.3, 0.4) is 0 Å². The largest absolute Gasteiger partial charge is 0.455 e. The van der Waals surface area contributed by atoms with Gasteiger partial charge in [-0.25, -0.2) is 4.79 Å². The number of benzene rings is 1. The molecule has 0 aromatic heterocycles. The number of esters is 1. The van der Waals surface area contributed by atoms with Crippen molar-refractivity contribution in [2.75, 3.05) is 0 Å². The van der Waals surface area contributed by atoms with E-state index in [9.17, 15) is 14.9 Å². The molecular weight excluding hydrogens is 284 g/mol. The number of non-ortho nitro benzene ring substituents is 1. The van der Waals surface area contributed by atoms with E-state index >= 15 is 0 Å². The fourth-order valence-electron chi connectivity index (χ4n) is 2.18. The molecule has 2 rings (SSSR count). The summed E-state index contributed by atoms with van der Waals surface area (Å²) in [6.45, 7) is 3.55. The minimum atomic E-state index is -0.660. The van der Waals surface area contributed by atoms with Gasteiger partial charge in [0.15, 0.2) is 0 Å². The zero-order valence-electron chi connectivity index (χ0n) is 12.2. The Morgan fingerprint density at radius 2 is 1.95 bits per heavy atom. The highest BCUT2D eigenvalue weighted by Crippen LogP contribution is 2.30. The Kier molecular flexibility index (Phi) is 4.08. The van der Waals surface area contributed by atoms with E-state index in [0.717, 1.165) is 5.56 Å².